The maximum Gasteiger partial charge on any atom is 0.230 e. The third-order valence-electron chi connectivity index (χ3n) is 5.03. The molecule has 5 nitrogen and oxygen atoms in total. The number of nitrogens with one attached hydrogen (secondary N) is 2. The molecule has 2 N–H and O–H groups in total. The average Bonchev–Trinajstić information content (AvgIpc) is 2.97. The standard InChI is InChI=1S/C16H29N3O2/c1-4-16(7-8-17-11-16)15(21)19-9-5-13(6-10-19)18-14(20)12(2)3/h12-13,17H,4-11H2,1-3H3,(H,18,20). The molecule has 2 aliphatic heterocycles. The van der Waals surface area contributed by atoms with E-state index in [1.165, 1.54) is 0 Å². The Morgan fingerprint density at radius 3 is 2.48 bits per heavy atom. The van der Waals surface area contributed by atoms with Crippen molar-refractivity contribution in [3.05, 3.63) is 0 Å². The van der Waals surface area contributed by atoms with Gasteiger partial charge >= 0.3 is 0 Å². The second kappa shape index (κ2) is 6.77. The van der Waals surface area contributed by atoms with Gasteiger partial charge in [0.1, 0.15) is 0 Å². The number of carbonyl (C=O) groups excluding carboxylic acids is 2. The number of piperidine rings is 1. The number of likely N-dealkylation sites (tertiary alicyclic amines) is 1. The highest BCUT2D eigenvalue weighted by molar-refractivity contribution is 5.83. The molecule has 0 bridgehead atoms. The summed E-state index contributed by atoms with van der Waals surface area (Å²) >= 11 is 0. The molecule has 0 aromatic carbocycles. The number of hydrogen-bond donors (Lipinski definition) is 2. The molecule has 0 aliphatic carbocycles. The van der Waals surface area contributed by atoms with Gasteiger partial charge in [-0.1, -0.05) is 20.8 Å². The van der Waals surface area contributed by atoms with E-state index in [0.717, 1.165) is 51.9 Å². The summed E-state index contributed by atoms with van der Waals surface area (Å²) < 4.78 is 0. The van der Waals surface area contributed by atoms with Gasteiger partial charge in [-0.05, 0) is 32.2 Å². The zero-order valence-electron chi connectivity index (χ0n) is 13.6. The Bertz CT molecular complexity index is 381. The second-order valence-electron chi connectivity index (χ2n) is 6.79. The zero-order valence-corrected chi connectivity index (χ0v) is 13.6. The van der Waals surface area contributed by atoms with Gasteiger partial charge in [0, 0.05) is 31.6 Å². The first-order chi connectivity index (χ1) is 9.98. The second-order valence-corrected chi connectivity index (χ2v) is 6.79. The molecule has 0 aromatic rings. The van der Waals surface area contributed by atoms with Crippen LogP contribution in [0, 0.1) is 11.3 Å². The first kappa shape index (κ1) is 16.3. The van der Waals surface area contributed by atoms with Crippen molar-refractivity contribution in [2.24, 2.45) is 11.3 Å². The van der Waals surface area contributed by atoms with E-state index in [9.17, 15) is 9.59 Å². The van der Waals surface area contributed by atoms with Gasteiger partial charge in [-0.25, -0.2) is 0 Å². The van der Waals surface area contributed by atoms with Gasteiger partial charge < -0.3 is 15.5 Å². The smallest absolute Gasteiger partial charge is 0.230 e. The number of amides is 2. The summed E-state index contributed by atoms with van der Waals surface area (Å²) in [6, 6.07) is 0.225. The zero-order chi connectivity index (χ0) is 15.5. The lowest BCUT2D eigenvalue weighted by Gasteiger charge is -2.38. The molecule has 1 unspecified atom stereocenters. The first-order valence-corrected chi connectivity index (χ1v) is 8.29. The van der Waals surface area contributed by atoms with Crippen molar-refractivity contribution in [1.29, 1.82) is 0 Å². The molecule has 0 aromatic heterocycles. The van der Waals surface area contributed by atoms with Crippen LogP contribution >= 0.6 is 0 Å². The van der Waals surface area contributed by atoms with Gasteiger partial charge in [-0.15, -0.1) is 0 Å². The molecule has 120 valence electrons. The Labute approximate surface area is 127 Å². The van der Waals surface area contributed by atoms with Gasteiger partial charge in [0.15, 0.2) is 0 Å². The summed E-state index contributed by atoms with van der Waals surface area (Å²) in [4.78, 5) is 26.5. The minimum Gasteiger partial charge on any atom is -0.353 e. The lowest BCUT2D eigenvalue weighted by Crippen LogP contribution is -2.51. The van der Waals surface area contributed by atoms with Gasteiger partial charge in [-0.3, -0.25) is 9.59 Å². The van der Waals surface area contributed by atoms with Gasteiger partial charge in [-0.2, -0.15) is 0 Å². The van der Waals surface area contributed by atoms with Crippen molar-refractivity contribution in [1.82, 2.24) is 15.5 Å². The van der Waals surface area contributed by atoms with Crippen LogP contribution in [0.4, 0.5) is 0 Å². The molecule has 0 spiro atoms. The van der Waals surface area contributed by atoms with E-state index < -0.39 is 0 Å². The molecule has 2 aliphatic rings. The van der Waals surface area contributed by atoms with Crippen LogP contribution in [0.25, 0.3) is 0 Å². The van der Waals surface area contributed by atoms with Crippen LogP contribution in [0.15, 0.2) is 0 Å². The Morgan fingerprint density at radius 1 is 1.33 bits per heavy atom. The number of nitrogens with zero attached hydrogens (tertiary/aromatic N) is 1. The monoisotopic (exact) mass is 295 g/mol. The van der Waals surface area contributed by atoms with Gasteiger partial charge in [0.25, 0.3) is 0 Å². The van der Waals surface area contributed by atoms with Crippen LogP contribution in [0.2, 0.25) is 0 Å². The fourth-order valence-corrected chi connectivity index (χ4v) is 3.31. The molecule has 2 saturated heterocycles. The summed E-state index contributed by atoms with van der Waals surface area (Å²) in [7, 11) is 0. The van der Waals surface area contributed by atoms with Crippen LogP contribution in [0.1, 0.15) is 46.5 Å². The van der Waals surface area contributed by atoms with Crippen LogP contribution in [0.3, 0.4) is 0 Å². The molecule has 2 heterocycles. The Balaban J connectivity index is 1.86. The van der Waals surface area contributed by atoms with Crippen molar-refractivity contribution in [3.63, 3.8) is 0 Å². The van der Waals surface area contributed by atoms with E-state index in [-0.39, 0.29) is 23.3 Å². The number of carbonyl (C=O) groups is 2. The van der Waals surface area contributed by atoms with Crippen LogP contribution in [-0.2, 0) is 9.59 Å². The summed E-state index contributed by atoms with van der Waals surface area (Å²) in [6.07, 6.45) is 3.60. The van der Waals surface area contributed by atoms with E-state index in [1.54, 1.807) is 0 Å². The van der Waals surface area contributed by atoms with E-state index in [4.69, 9.17) is 0 Å². The maximum absolute atomic E-state index is 12.8. The van der Waals surface area contributed by atoms with Crippen LogP contribution in [0.5, 0.6) is 0 Å². The van der Waals surface area contributed by atoms with Gasteiger partial charge in [0.2, 0.25) is 11.8 Å². The van der Waals surface area contributed by atoms with E-state index >= 15 is 0 Å². The molecule has 0 radical (unpaired) electrons. The highest BCUT2D eigenvalue weighted by Crippen LogP contribution is 2.32. The van der Waals surface area contributed by atoms with Gasteiger partial charge in [0.05, 0.1) is 5.41 Å². The lowest BCUT2D eigenvalue weighted by atomic mass is 9.82. The predicted octanol–water partition coefficient (Wildman–Crippen LogP) is 1.14. The SMILES string of the molecule is CCC1(C(=O)N2CCC(NC(=O)C(C)C)CC2)CCNC1. The minimum absolute atomic E-state index is 0.0255. The third kappa shape index (κ3) is 3.57. The largest absolute Gasteiger partial charge is 0.353 e. The summed E-state index contributed by atoms with van der Waals surface area (Å²) in [6.45, 7) is 9.22. The molecular formula is C16H29N3O2. The Kier molecular flexibility index (Phi) is 5.25. The lowest BCUT2D eigenvalue weighted by molar-refractivity contribution is -0.142. The summed E-state index contributed by atoms with van der Waals surface area (Å²) in [5.41, 5.74) is -0.186. The molecule has 0 saturated carbocycles. The topological polar surface area (TPSA) is 61.4 Å². The highest BCUT2D eigenvalue weighted by Gasteiger charge is 2.42. The normalized spacial score (nSPS) is 27.1. The molecule has 21 heavy (non-hydrogen) atoms. The molecule has 1 atom stereocenters. The fourth-order valence-electron chi connectivity index (χ4n) is 3.31. The van der Waals surface area contributed by atoms with E-state index in [2.05, 4.69) is 17.6 Å². The van der Waals surface area contributed by atoms with Crippen molar-refractivity contribution < 1.29 is 9.59 Å². The Morgan fingerprint density at radius 2 is 2.00 bits per heavy atom. The van der Waals surface area contributed by atoms with Crippen LogP contribution < -0.4 is 10.6 Å². The number of rotatable bonds is 4. The summed E-state index contributed by atoms with van der Waals surface area (Å²) in [5.74, 6) is 0.450. The molecule has 2 amide bonds. The minimum atomic E-state index is -0.186. The van der Waals surface area contributed by atoms with Crippen molar-refractivity contribution in [2.45, 2.75) is 52.5 Å². The molecular weight excluding hydrogens is 266 g/mol. The van der Waals surface area contributed by atoms with Crippen molar-refractivity contribution in [3.8, 4) is 0 Å². The highest BCUT2D eigenvalue weighted by atomic mass is 16.2. The van der Waals surface area contributed by atoms with Crippen molar-refractivity contribution >= 4 is 11.8 Å². The van der Waals surface area contributed by atoms with E-state index in [1.807, 2.05) is 18.7 Å². The number of hydrogen-bond acceptors (Lipinski definition) is 3. The third-order valence-corrected chi connectivity index (χ3v) is 5.03. The molecule has 2 rings (SSSR count). The average molecular weight is 295 g/mol. The molecule has 2 fully saturated rings. The fraction of sp³-hybridized carbons (Fsp3) is 0.875. The quantitative estimate of drug-likeness (QED) is 0.817. The Hall–Kier alpha value is -1.10. The van der Waals surface area contributed by atoms with Crippen LogP contribution in [-0.4, -0.2) is 48.9 Å². The maximum atomic E-state index is 12.8. The van der Waals surface area contributed by atoms with E-state index in [0.29, 0.717) is 5.91 Å². The first-order valence-electron chi connectivity index (χ1n) is 8.29. The van der Waals surface area contributed by atoms with Crippen molar-refractivity contribution in [2.75, 3.05) is 26.2 Å². The summed E-state index contributed by atoms with van der Waals surface area (Å²) in [5, 5.41) is 6.41. The predicted molar refractivity (Wildman–Crippen MR) is 82.8 cm³/mol. The molecule has 5 heteroatoms.